The number of aliphatic carboxylic acids is 1. The van der Waals surface area contributed by atoms with Crippen molar-refractivity contribution >= 4 is 29.1 Å². The Hall–Kier alpha value is -1.96. The first-order valence-corrected chi connectivity index (χ1v) is 6.87. The van der Waals surface area contributed by atoms with Gasteiger partial charge in [0.15, 0.2) is 0 Å². The van der Waals surface area contributed by atoms with Crippen molar-refractivity contribution in [2.75, 3.05) is 4.90 Å². The minimum atomic E-state index is -1.17. The van der Waals surface area contributed by atoms with Crippen LogP contribution in [0.2, 0.25) is 5.28 Å². The second-order valence-corrected chi connectivity index (χ2v) is 5.60. The zero-order valence-corrected chi connectivity index (χ0v) is 12.4. The molecule has 0 aromatic carbocycles. The molecular weight excluding hydrogens is 300 g/mol. The summed E-state index contributed by atoms with van der Waals surface area (Å²) >= 11 is 5.74. The van der Waals surface area contributed by atoms with Crippen molar-refractivity contribution in [3.8, 4) is 0 Å². The standard InChI is InChI=1S/C12H15ClN4O4/c1-7(2)16(12(10(18)19)4-3-5-12)9-8(17(20)21)6-14-11(13)15-9/h6-7H,3-5H2,1-2H3,(H,18,19). The lowest BCUT2D eigenvalue weighted by atomic mass is 9.74. The molecule has 21 heavy (non-hydrogen) atoms. The third kappa shape index (κ3) is 2.51. The van der Waals surface area contributed by atoms with E-state index < -0.39 is 16.4 Å². The van der Waals surface area contributed by atoms with Crippen molar-refractivity contribution in [2.45, 2.75) is 44.7 Å². The van der Waals surface area contributed by atoms with Crippen LogP contribution in [0.1, 0.15) is 33.1 Å². The van der Waals surface area contributed by atoms with Gasteiger partial charge in [-0.3, -0.25) is 10.1 Å². The zero-order chi connectivity index (χ0) is 15.8. The van der Waals surface area contributed by atoms with E-state index in [1.165, 1.54) is 4.90 Å². The normalized spacial score (nSPS) is 16.4. The molecule has 1 heterocycles. The molecule has 2 rings (SSSR count). The van der Waals surface area contributed by atoms with Crippen LogP contribution in [-0.4, -0.2) is 37.5 Å². The molecule has 0 aliphatic heterocycles. The molecule has 0 spiro atoms. The molecule has 0 radical (unpaired) electrons. The molecule has 8 nitrogen and oxygen atoms in total. The fourth-order valence-corrected chi connectivity index (χ4v) is 2.79. The maximum absolute atomic E-state index is 11.7. The number of carboxylic acids is 1. The number of carboxylic acid groups (broad SMARTS) is 1. The maximum atomic E-state index is 11.7. The van der Waals surface area contributed by atoms with Gasteiger partial charge in [0.2, 0.25) is 11.1 Å². The zero-order valence-electron chi connectivity index (χ0n) is 11.6. The SMILES string of the molecule is CC(C)N(c1nc(Cl)ncc1[N+](=O)[O-])C1(C(=O)O)CCC1. The predicted octanol–water partition coefficient (Wildman–Crippen LogP) is 2.26. The van der Waals surface area contributed by atoms with Crippen molar-refractivity contribution in [2.24, 2.45) is 0 Å². The lowest BCUT2D eigenvalue weighted by molar-refractivity contribution is -0.384. The molecule has 1 aromatic heterocycles. The van der Waals surface area contributed by atoms with Gasteiger partial charge in [-0.05, 0) is 44.7 Å². The summed E-state index contributed by atoms with van der Waals surface area (Å²) in [6.45, 7) is 3.53. The summed E-state index contributed by atoms with van der Waals surface area (Å²) < 4.78 is 0. The van der Waals surface area contributed by atoms with E-state index in [1.807, 2.05) is 0 Å². The number of nitro groups is 1. The second kappa shape index (κ2) is 5.44. The van der Waals surface area contributed by atoms with Crippen LogP contribution in [0, 0.1) is 10.1 Å². The second-order valence-electron chi connectivity index (χ2n) is 5.26. The molecule has 1 aliphatic carbocycles. The van der Waals surface area contributed by atoms with Gasteiger partial charge in [-0.25, -0.2) is 9.78 Å². The summed E-state index contributed by atoms with van der Waals surface area (Å²) in [5.74, 6) is -1.05. The molecule has 1 aliphatic rings. The fourth-order valence-electron chi connectivity index (χ4n) is 2.66. The highest BCUT2D eigenvalue weighted by Gasteiger charge is 2.52. The molecule has 1 fully saturated rings. The first-order chi connectivity index (χ1) is 9.79. The van der Waals surface area contributed by atoms with Crippen molar-refractivity contribution in [1.29, 1.82) is 0 Å². The van der Waals surface area contributed by atoms with E-state index in [-0.39, 0.29) is 22.8 Å². The molecule has 0 bridgehead atoms. The fraction of sp³-hybridized carbons (Fsp3) is 0.583. The number of hydrogen-bond acceptors (Lipinski definition) is 6. The minimum Gasteiger partial charge on any atom is -0.479 e. The Bertz CT molecular complexity index is 589. The Labute approximate surface area is 125 Å². The van der Waals surface area contributed by atoms with Crippen LogP contribution >= 0.6 is 11.6 Å². The van der Waals surface area contributed by atoms with E-state index in [0.29, 0.717) is 12.8 Å². The number of aromatic nitrogens is 2. The summed E-state index contributed by atoms with van der Waals surface area (Å²) in [5.41, 5.74) is -1.52. The smallest absolute Gasteiger partial charge is 0.329 e. The summed E-state index contributed by atoms with van der Waals surface area (Å²) in [6.07, 6.45) is 2.59. The average Bonchev–Trinajstić information content (AvgIpc) is 2.31. The number of rotatable bonds is 5. The van der Waals surface area contributed by atoms with Crippen molar-refractivity contribution in [3.05, 3.63) is 21.6 Å². The highest BCUT2D eigenvalue weighted by Crippen LogP contribution is 2.44. The van der Waals surface area contributed by atoms with Crippen LogP contribution in [0.25, 0.3) is 0 Å². The highest BCUT2D eigenvalue weighted by atomic mass is 35.5. The summed E-state index contributed by atoms with van der Waals surface area (Å²) in [5, 5.41) is 20.6. The van der Waals surface area contributed by atoms with E-state index in [9.17, 15) is 20.0 Å². The van der Waals surface area contributed by atoms with Crippen molar-refractivity contribution in [1.82, 2.24) is 9.97 Å². The summed E-state index contributed by atoms with van der Waals surface area (Å²) in [6, 6.07) is -0.286. The minimum absolute atomic E-state index is 0.0444. The van der Waals surface area contributed by atoms with E-state index in [2.05, 4.69) is 9.97 Å². The Kier molecular flexibility index (Phi) is 3.99. The van der Waals surface area contributed by atoms with Crippen LogP contribution in [0.15, 0.2) is 6.20 Å². The summed E-state index contributed by atoms with van der Waals surface area (Å²) in [4.78, 5) is 31.3. The van der Waals surface area contributed by atoms with Crippen LogP contribution in [0.4, 0.5) is 11.5 Å². The Morgan fingerprint density at radius 3 is 2.57 bits per heavy atom. The third-order valence-electron chi connectivity index (χ3n) is 3.70. The topological polar surface area (TPSA) is 109 Å². The van der Waals surface area contributed by atoms with Gasteiger partial charge < -0.3 is 10.0 Å². The largest absolute Gasteiger partial charge is 0.479 e. The number of halogens is 1. The van der Waals surface area contributed by atoms with Gasteiger partial charge in [0.1, 0.15) is 11.7 Å². The van der Waals surface area contributed by atoms with E-state index in [4.69, 9.17) is 11.6 Å². The number of nitrogens with zero attached hydrogens (tertiary/aromatic N) is 4. The molecule has 0 unspecified atom stereocenters. The first-order valence-electron chi connectivity index (χ1n) is 6.49. The molecule has 1 aromatic rings. The average molecular weight is 315 g/mol. The predicted molar refractivity (Wildman–Crippen MR) is 75.5 cm³/mol. The molecular formula is C12H15ClN4O4. The third-order valence-corrected chi connectivity index (χ3v) is 3.88. The molecule has 1 saturated carbocycles. The van der Waals surface area contributed by atoms with Crippen LogP contribution in [0.3, 0.4) is 0 Å². The van der Waals surface area contributed by atoms with Crippen LogP contribution < -0.4 is 4.90 Å². The van der Waals surface area contributed by atoms with Gasteiger partial charge in [0.25, 0.3) is 0 Å². The Balaban J connectivity index is 2.61. The molecule has 9 heteroatoms. The van der Waals surface area contributed by atoms with Gasteiger partial charge in [0, 0.05) is 6.04 Å². The molecule has 1 N–H and O–H groups in total. The van der Waals surface area contributed by atoms with Crippen LogP contribution in [0.5, 0.6) is 0 Å². The number of anilines is 1. The quantitative estimate of drug-likeness (QED) is 0.504. The molecule has 0 atom stereocenters. The van der Waals surface area contributed by atoms with Gasteiger partial charge in [-0.2, -0.15) is 4.98 Å². The van der Waals surface area contributed by atoms with Gasteiger partial charge in [-0.15, -0.1) is 0 Å². The highest BCUT2D eigenvalue weighted by molar-refractivity contribution is 6.28. The maximum Gasteiger partial charge on any atom is 0.329 e. The Morgan fingerprint density at radius 2 is 2.19 bits per heavy atom. The van der Waals surface area contributed by atoms with E-state index >= 15 is 0 Å². The number of carbonyl (C=O) groups is 1. The first kappa shape index (κ1) is 15.4. The van der Waals surface area contributed by atoms with E-state index in [0.717, 1.165) is 12.6 Å². The van der Waals surface area contributed by atoms with Crippen LogP contribution in [-0.2, 0) is 4.79 Å². The van der Waals surface area contributed by atoms with Gasteiger partial charge >= 0.3 is 11.7 Å². The monoisotopic (exact) mass is 314 g/mol. The summed E-state index contributed by atoms with van der Waals surface area (Å²) in [7, 11) is 0. The lowest BCUT2D eigenvalue weighted by Gasteiger charge is -2.49. The van der Waals surface area contributed by atoms with Gasteiger partial charge in [0.05, 0.1) is 4.92 Å². The Morgan fingerprint density at radius 1 is 1.57 bits per heavy atom. The van der Waals surface area contributed by atoms with E-state index in [1.54, 1.807) is 13.8 Å². The van der Waals surface area contributed by atoms with Gasteiger partial charge in [-0.1, -0.05) is 0 Å². The van der Waals surface area contributed by atoms with Crippen molar-refractivity contribution in [3.63, 3.8) is 0 Å². The molecule has 0 amide bonds. The van der Waals surface area contributed by atoms with Crippen molar-refractivity contribution < 1.29 is 14.8 Å². The lowest BCUT2D eigenvalue weighted by Crippen LogP contribution is -2.62. The molecule has 0 saturated heterocycles. The molecule has 114 valence electrons. The number of hydrogen-bond donors (Lipinski definition) is 1.